The molecule has 4 saturated carbocycles. The zero-order valence-corrected chi connectivity index (χ0v) is 22.1. The molecule has 0 saturated heterocycles. The van der Waals surface area contributed by atoms with Crippen LogP contribution in [0.1, 0.15) is 113 Å². The van der Waals surface area contributed by atoms with Crippen molar-refractivity contribution < 1.29 is 10.2 Å². The van der Waals surface area contributed by atoms with Crippen molar-refractivity contribution in [1.29, 1.82) is 0 Å². The summed E-state index contributed by atoms with van der Waals surface area (Å²) in [5.74, 6) is 2.01. The van der Waals surface area contributed by atoms with Crippen LogP contribution < -0.4 is 0 Å². The Morgan fingerprint density at radius 3 is 2.12 bits per heavy atom. The number of fused-ring (bicyclic) bond motifs is 7. The average molecular weight is 443 g/mol. The Labute approximate surface area is 197 Å². The first kappa shape index (κ1) is 23.4. The lowest BCUT2D eigenvalue weighted by molar-refractivity contribution is -0.230. The van der Waals surface area contributed by atoms with E-state index in [-0.39, 0.29) is 22.3 Å². The Morgan fingerprint density at radius 1 is 0.750 bits per heavy atom. The fourth-order valence-electron chi connectivity index (χ4n) is 10.7. The molecule has 0 radical (unpaired) electrons. The Hall–Kier alpha value is -0.340. The summed E-state index contributed by atoms with van der Waals surface area (Å²) in [6.45, 7) is 17.8. The van der Waals surface area contributed by atoms with Gasteiger partial charge in [-0.1, -0.05) is 60.1 Å². The third-order valence-electron chi connectivity index (χ3n) is 13.1. The fourth-order valence-corrected chi connectivity index (χ4v) is 10.7. The molecule has 182 valence electrons. The molecule has 5 rings (SSSR count). The van der Waals surface area contributed by atoms with Crippen LogP contribution in [0, 0.1) is 50.2 Å². The molecule has 0 heterocycles. The van der Waals surface area contributed by atoms with Crippen LogP contribution in [-0.2, 0) is 0 Å². The average Bonchev–Trinajstić information content (AvgIpc) is 2.71. The monoisotopic (exact) mass is 442 g/mol. The maximum Gasteiger partial charge on any atom is 0.0594 e. The van der Waals surface area contributed by atoms with Crippen LogP contribution in [0.5, 0.6) is 0 Å². The van der Waals surface area contributed by atoms with E-state index in [1.54, 1.807) is 5.57 Å². The van der Waals surface area contributed by atoms with E-state index in [0.717, 1.165) is 12.3 Å². The molecule has 2 unspecified atom stereocenters. The second kappa shape index (κ2) is 6.87. The predicted molar refractivity (Wildman–Crippen MR) is 132 cm³/mol. The summed E-state index contributed by atoms with van der Waals surface area (Å²) >= 11 is 0. The van der Waals surface area contributed by atoms with Crippen LogP contribution in [0.15, 0.2) is 11.6 Å². The fraction of sp³-hybridized carbons (Fsp3) is 0.933. The first-order chi connectivity index (χ1) is 14.8. The second-order valence-corrected chi connectivity index (χ2v) is 15.0. The summed E-state index contributed by atoms with van der Waals surface area (Å²) in [5, 5.41) is 21.5. The summed E-state index contributed by atoms with van der Waals surface area (Å²) < 4.78 is 0. The molecule has 0 aromatic carbocycles. The van der Waals surface area contributed by atoms with Crippen molar-refractivity contribution in [3.63, 3.8) is 0 Å². The van der Waals surface area contributed by atoms with Crippen LogP contribution >= 0.6 is 0 Å². The van der Waals surface area contributed by atoms with E-state index in [2.05, 4.69) is 54.5 Å². The predicted octanol–water partition coefficient (Wildman–Crippen LogP) is 7.14. The third-order valence-corrected chi connectivity index (χ3v) is 13.1. The lowest BCUT2D eigenvalue weighted by Gasteiger charge is -2.72. The van der Waals surface area contributed by atoms with Crippen molar-refractivity contribution in [1.82, 2.24) is 0 Å². The molecule has 5 aliphatic carbocycles. The van der Waals surface area contributed by atoms with Crippen LogP contribution in [0.4, 0.5) is 0 Å². The molecule has 32 heavy (non-hydrogen) atoms. The molecule has 4 fully saturated rings. The smallest absolute Gasteiger partial charge is 0.0594 e. The quantitative estimate of drug-likeness (QED) is 0.424. The molecule has 5 aliphatic rings. The molecule has 2 N–H and O–H groups in total. The van der Waals surface area contributed by atoms with E-state index < -0.39 is 0 Å². The number of rotatable bonds is 1. The van der Waals surface area contributed by atoms with Gasteiger partial charge in [0, 0.05) is 5.41 Å². The van der Waals surface area contributed by atoms with Crippen LogP contribution in [0.3, 0.4) is 0 Å². The van der Waals surface area contributed by atoms with Crippen molar-refractivity contribution in [3.05, 3.63) is 11.6 Å². The Morgan fingerprint density at radius 2 is 1.44 bits per heavy atom. The molecule has 2 heteroatoms. The minimum absolute atomic E-state index is 0.0284. The number of aliphatic hydroxyl groups is 2. The number of aliphatic hydroxyl groups excluding tert-OH is 2. The molecule has 0 aromatic rings. The number of allylic oxidation sites excluding steroid dienone is 1. The lowest BCUT2D eigenvalue weighted by Crippen LogP contribution is -2.66. The van der Waals surface area contributed by atoms with Crippen molar-refractivity contribution in [2.45, 2.75) is 119 Å². The molecule has 0 aromatic heterocycles. The first-order valence-corrected chi connectivity index (χ1v) is 13.8. The van der Waals surface area contributed by atoms with Crippen LogP contribution in [-0.4, -0.2) is 22.9 Å². The van der Waals surface area contributed by atoms with Gasteiger partial charge in [-0.3, -0.25) is 0 Å². The van der Waals surface area contributed by atoms with E-state index in [9.17, 15) is 10.2 Å². The minimum Gasteiger partial charge on any atom is -0.395 e. The van der Waals surface area contributed by atoms with Gasteiger partial charge < -0.3 is 10.2 Å². The summed E-state index contributed by atoms with van der Waals surface area (Å²) in [7, 11) is 0. The lowest BCUT2D eigenvalue weighted by atomic mass is 9.32. The summed E-state index contributed by atoms with van der Waals surface area (Å²) in [6, 6.07) is 0. The molecule has 0 spiro atoms. The molecule has 8 atom stereocenters. The first-order valence-electron chi connectivity index (χ1n) is 13.8. The normalized spacial score (nSPS) is 53.8. The van der Waals surface area contributed by atoms with E-state index >= 15 is 0 Å². The van der Waals surface area contributed by atoms with Gasteiger partial charge in [-0.05, 0) is 109 Å². The molecule has 2 nitrogen and oxygen atoms in total. The van der Waals surface area contributed by atoms with Gasteiger partial charge in [0.05, 0.1) is 12.7 Å². The molecule has 0 aliphatic heterocycles. The highest BCUT2D eigenvalue weighted by molar-refractivity contribution is 5.32. The number of hydrogen-bond acceptors (Lipinski definition) is 2. The summed E-state index contributed by atoms with van der Waals surface area (Å²) in [5.41, 5.74) is 3.01. The molecule has 0 bridgehead atoms. The summed E-state index contributed by atoms with van der Waals surface area (Å²) in [4.78, 5) is 0. The second-order valence-electron chi connectivity index (χ2n) is 15.0. The van der Waals surface area contributed by atoms with Gasteiger partial charge in [0.1, 0.15) is 0 Å². The highest BCUT2D eigenvalue weighted by Crippen LogP contribution is 2.76. The molecule has 0 amide bonds. The van der Waals surface area contributed by atoms with E-state index in [1.807, 2.05) is 0 Å². The highest BCUT2D eigenvalue weighted by atomic mass is 16.3. The Bertz CT molecular complexity index is 810. The van der Waals surface area contributed by atoms with Crippen LogP contribution in [0.25, 0.3) is 0 Å². The van der Waals surface area contributed by atoms with Crippen molar-refractivity contribution in [2.24, 2.45) is 50.2 Å². The number of hydrogen-bond donors (Lipinski definition) is 2. The Balaban J connectivity index is 1.57. The van der Waals surface area contributed by atoms with Gasteiger partial charge in [0.15, 0.2) is 0 Å². The van der Waals surface area contributed by atoms with Crippen LogP contribution in [0.2, 0.25) is 0 Å². The summed E-state index contributed by atoms with van der Waals surface area (Å²) in [6.07, 6.45) is 14.7. The van der Waals surface area contributed by atoms with Gasteiger partial charge in [-0.25, -0.2) is 0 Å². The van der Waals surface area contributed by atoms with Gasteiger partial charge in [0.25, 0.3) is 0 Å². The third kappa shape index (κ3) is 2.78. The van der Waals surface area contributed by atoms with Crippen molar-refractivity contribution in [3.8, 4) is 0 Å². The zero-order valence-electron chi connectivity index (χ0n) is 22.1. The van der Waals surface area contributed by atoms with E-state index in [1.165, 1.54) is 57.8 Å². The standard InChI is InChI=1S/C30H50O2/c1-25(2)14-16-30(19-31)17-15-28(6)20(21(30)18-25)8-9-23-27(5)12-11-24(32)26(3,4)22(27)10-13-29(23,28)7/h18,20,22-24,31-32H,8-17,19H2,1-7H3/t20-,22?,23?,24+,27+,28-,29-,30-/m1/s1. The largest absolute Gasteiger partial charge is 0.395 e. The van der Waals surface area contributed by atoms with Gasteiger partial charge in [-0.2, -0.15) is 0 Å². The minimum atomic E-state index is -0.147. The SMILES string of the molecule is CC1(C)C=C2[C@H]3CCC4[C@@]5(C)CC[C@H](O)C(C)(C)C5CC[C@@]4(C)[C@]3(C)CC[C@@]2(CO)CC1. The highest BCUT2D eigenvalue weighted by Gasteiger charge is 2.68. The molecular weight excluding hydrogens is 392 g/mol. The maximum absolute atomic E-state index is 10.9. The maximum atomic E-state index is 10.9. The van der Waals surface area contributed by atoms with Gasteiger partial charge in [-0.15, -0.1) is 0 Å². The molecular formula is C30H50O2. The van der Waals surface area contributed by atoms with Crippen molar-refractivity contribution in [2.75, 3.05) is 6.61 Å². The van der Waals surface area contributed by atoms with E-state index in [0.29, 0.717) is 34.7 Å². The Kier molecular flexibility index (Phi) is 5.02. The van der Waals surface area contributed by atoms with Gasteiger partial charge in [0.2, 0.25) is 0 Å². The van der Waals surface area contributed by atoms with Gasteiger partial charge >= 0.3 is 0 Å². The zero-order chi connectivity index (χ0) is 23.4. The topological polar surface area (TPSA) is 40.5 Å². The van der Waals surface area contributed by atoms with E-state index in [4.69, 9.17) is 0 Å². The van der Waals surface area contributed by atoms with Crippen molar-refractivity contribution >= 4 is 0 Å².